The minimum Gasteiger partial charge on any atom is -0.493 e. The number of hydrogen-bond acceptors (Lipinski definition) is 5. The second-order valence-electron chi connectivity index (χ2n) is 9.65. The van der Waals surface area contributed by atoms with Crippen LogP contribution < -0.4 is 4.74 Å². The molecule has 1 atom stereocenters. The predicted octanol–water partition coefficient (Wildman–Crippen LogP) is 6.00. The largest absolute Gasteiger partial charge is 0.493 e. The minimum atomic E-state index is -4.82. The summed E-state index contributed by atoms with van der Waals surface area (Å²) in [5.41, 5.74) is -0.519. The molecule has 3 aromatic rings. The SMILES string of the molecule is CC(CN(CCCOc1cc(F)c(CCO)c(S(C)(=O)=O)c1)Cc1cccc(C(F)(F)F)c1F)c1ccccc1. The molecule has 40 heavy (non-hydrogen) atoms. The number of aliphatic hydroxyl groups is 1. The quantitative estimate of drug-likeness (QED) is 0.197. The van der Waals surface area contributed by atoms with Crippen molar-refractivity contribution in [3.05, 3.63) is 94.6 Å². The van der Waals surface area contributed by atoms with Crippen LogP contribution in [0.15, 0.2) is 65.6 Å². The van der Waals surface area contributed by atoms with E-state index in [9.17, 15) is 30.4 Å². The lowest BCUT2D eigenvalue weighted by Crippen LogP contribution is -2.30. The van der Waals surface area contributed by atoms with Crippen LogP contribution in [0, 0.1) is 11.6 Å². The summed E-state index contributed by atoms with van der Waals surface area (Å²) in [6, 6.07) is 15.0. The van der Waals surface area contributed by atoms with E-state index in [2.05, 4.69) is 0 Å². The van der Waals surface area contributed by atoms with E-state index in [-0.39, 0.29) is 47.3 Å². The Morgan fingerprint density at radius 2 is 1.73 bits per heavy atom. The normalized spacial score (nSPS) is 13.0. The first-order valence-corrected chi connectivity index (χ1v) is 14.6. The summed E-state index contributed by atoms with van der Waals surface area (Å²) in [6.45, 7) is 2.24. The van der Waals surface area contributed by atoms with Crippen molar-refractivity contribution >= 4 is 9.84 Å². The van der Waals surface area contributed by atoms with Crippen LogP contribution in [0.3, 0.4) is 0 Å². The molecule has 0 saturated carbocycles. The zero-order valence-electron chi connectivity index (χ0n) is 22.2. The molecule has 0 saturated heterocycles. The number of ether oxygens (including phenoxy) is 1. The van der Waals surface area contributed by atoms with E-state index in [1.54, 1.807) is 0 Å². The number of nitrogens with zero attached hydrogens (tertiary/aromatic N) is 1. The van der Waals surface area contributed by atoms with E-state index >= 15 is 0 Å². The number of rotatable bonds is 13. The van der Waals surface area contributed by atoms with Crippen LogP contribution in [0.5, 0.6) is 5.75 Å². The summed E-state index contributed by atoms with van der Waals surface area (Å²) in [5.74, 6) is -2.14. The molecular formula is C29H32F5NO4S. The van der Waals surface area contributed by atoms with Gasteiger partial charge in [0.05, 0.1) is 17.1 Å². The molecule has 0 aliphatic carbocycles. The average Bonchev–Trinajstić information content (AvgIpc) is 2.88. The van der Waals surface area contributed by atoms with E-state index in [4.69, 9.17) is 9.84 Å². The van der Waals surface area contributed by atoms with Crippen LogP contribution in [-0.2, 0) is 29.0 Å². The fraction of sp³-hybridized carbons (Fsp3) is 0.379. The van der Waals surface area contributed by atoms with Gasteiger partial charge >= 0.3 is 6.18 Å². The Morgan fingerprint density at radius 1 is 1.02 bits per heavy atom. The highest BCUT2D eigenvalue weighted by Gasteiger charge is 2.35. The molecule has 3 rings (SSSR count). The van der Waals surface area contributed by atoms with Gasteiger partial charge in [-0.2, -0.15) is 13.2 Å². The lowest BCUT2D eigenvalue weighted by molar-refractivity contribution is -0.140. The maximum Gasteiger partial charge on any atom is 0.419 e. The molecule has 0 heterocycles. The molecule has 0 fully saturated rings. The Labute approximate surface area is 231 Å². The number of benzene rings is 3. The Bertz CT molecular complexity index is 1380. The summed E-state index contributed by atoms with van der Waals surface area (Å²) < 4.78 is 99.1. The third kappa shape index (κ3) is 8.49. The van der Waals surface area contributed by atoms with Crippen molar-refractivity contribution in [1.29, 1.82) is 0 Å². The van der Waals surface area contributed by atoms with Crippen LogP contribution in [0.4, 0.5) is 22.0 Å². The molecule has 3 aromatic carbocycles. The number of hydrogen-bond donors (Lipinski definition) is 1. The molecule has 218 valence electrons. The molecule has 5 nitrogen and oxygen atoms in total. The first-order chi connectivity index (χ1) is 18.8. The first-order valence-electron chi connectivity index (χ1n) is 12.7. The van der Waals surface area contributed by atoms with Crippen molar-refractivity contribution in [1.82, 2.24) is 4.90 Å². The van der Waals surface area contributed by atoms with E-state index in [0.29, 0.717) is 25.6 Å². The van der Waals surface area contributed by atoms with Crippen molar-refractivity contribution in [3.63, 3.8) is 0 Å². The van der Waals surface area contributed by atoms with E-state index < -0.39 is 39.8 Å². The standard InChI is InChI=1S/C29H32F5NO4S/c1-20(21-8-4-3-5-9-21)18-35(19-22-10-6-11-25(28(22)31)29(32,33)34)13-7-15-39-23-16-26(30)24(12-14-36)27(17-23)40(2,37)38/h3-6,8-11,16-17,20,36H,7,12-15,18-19H2,1-2H3. The lowest BCUT2D eigenvalue weighted by Gasteiger charge is -2.27. The molecule has 0 spiro atoms. The Morgan fingerprint density at radius 3 is 2.35 bits per heavy atom. The summed E-state index contributed by atoms with van der Waals surface area (Å²) >= 11 is 0. The zero-order chi connectivity index (χ0) is 29.5. The molecular weight excluding hydrogens is 553 g/mol. The van der Waals surface area contributed by atoms with Gasteiger partial charge in [-0.05, 0) is 36.5 Å². The van der Waals surface area contributed by atoms with Gasteiger partial charge in [-0.3, -0.25) is 4.90 Å². The van der Waals surface area contributed by atoms with Gasteiger partial charge in [0, 0.05) is 49.7 Å². The highest BCUT2D eigenvalue weighted by Crippen LogP contribution is 2.33. The number of alkyl halides is 3. The number of aliphatic hydroxyl groups excluding tert-OH is 1. The van der Waals surface area contributed by atoms with E-state index in [1.807, 2.05) is 42.2 Å². The summed E-state index contributed by atoms with van der Waals surface area (Å²) in [4.78, 5) is 1.56. The average molecular weight is 586 g/mol. The summed E-state index contributed by atoms with van der Waals surface area (Å²) in [6.07, 6.45) is -3.71. The van der Waals surface area contributed by atoms with Gasteiger partial charge in [0.15, 0.2) is 9.84 Å². The van der Waals surface area contributed by atoms with E-state index in [1.165, 1.54) is 18.2 Å². The highest BCUT2D eigenvalue weighted by atomic mass is 32.2. The fourth-order valence-electron chi connectivity index (χ4n) is 4.51. The molecule has 0 aliphatic rings. The molecule has 0 amide bonds. The van der Waals surface area contributed by atoms with E-state index in [0.717, 1.165) is 17.9 Å². The predicted molar refractivity (Wildman–Crippen MR) is 142 cm³/mol. The maximum absolute atomic E-state index is 14.8. The van der Waals surface area contributed by atoms with Crippen molar-refractivity contribution in [3.8, 4) is 5.75 Å². The van der Waals surface area contributed by atoms with Gasteiger partial charge in [-0.15, -0.1) is 0 Å². The lowest BCUT2D eigenvalue weighted by atomic mass is 10.00. The zero-order valence-corrected chi connectivity index (χ0v) is 23.0. The number of halogens is 5. The second kappa shape index (κ2) is 13.6. The summed E-state index contributed by atoms with van der Waals surface area (Å²) in [7, 11) is -3.79. The van der Waals surface area contributed by atoms with Crippen molar-refractivity contribution in [2.75, 3.05) is 32.6 Å². The Balaban J connectivity index is 1.75. The van der Waals surface area contributed by atoms with Crippen LogP contribution >= 0.6 is 0 Å². The third-order valence-electron chi connectivity index (χ3n) is 6.46. The van der Waals surface area contributed by atoms with Gasteiger partial charge in [-0.25, -0.2) is 17.2 Å². The van der Waals surface area contributed by atoms with Crippen LogP contribution in [0.2, 0.25) is 0 Å². The molecule has 1 N–H and O–H groups in total. The molecule has 1 unspecified atom stereocenters. The highest BCUT2D eigenvalue weighted by molar-refractivity contribution is 7.90. The van der Waals surface area contributed by atoms with Crippen LogP contribution in [0.1, 0.15) is 41.5 Å². The summed E-state index contributed by atoms with van der Waals surface area (Å²) in [5, 5.41) is 9.17. The minimum absolute atomic E-state index is 0.00672. The number of sulfone groups is 1. The van der Waals surface area contributed by atoms with Gasteiger partial charge < -0.3 is 9.84 Å². The van der Waals surface area contributed by atoms with Crippen molar-refractivity contribution in [2.24, 2.45) is 0 Å². The van der Waals surface area contributed by atoms with Crippen LogP contribution in [0.25, 0.3) is 0 Å². The molecule has 0 aliphatic heterocycles. The van der Waals surface area contributed by atoms with Gasteiger partial charge in [0.25, 0.3) is 0 Å². The van der Waals surface area contributed by atoms with Gasteiger partial charge in [-0.1, -0.05) is 49.4 Å². The molecule has 0 bridgehead atoms. The molecule has 0 radical (unpaired) electrons. The molecule has 11 heteroatoms. The third-order valence-corrected chi connectivity index (χ3v) is 7.62. The fourth-order valence-corrected chi connectivity index (χ4v) is 5.48. The van der Waals surface area contributed by atoms with Gasteiger partial charge in [0.2, 0.25) is 0 Å². The first kappa shape index (κ1) is 31.5. The Kier molecular flexibility index (Phi) is 10.7. The van der Waals surface area contributed by atoms with Gasteiger partial charge in [0.1, 0.15) is 17.4 Å². The monoisotopic (exact) mass is 585 g/mol. The second-order valence-corrected chi connectivity index (χ2v) is 11.6. The maximum atomic E-state index is 14.8. The van der Waals surface area contributed by atoms with Crippen LogP contribution in [-0.4, -0.2) is 51.0 Å². The Hall–Kier alpha value is -3.02. The smallest absolute Gasteiger partial charge is 0.419 e. The van der Waals surface area contributed by atoms with Crippen molar-refractivity contribution < 1.29 is 40.2 Å². The topological polar surface area (TPSA) is 66.8 Å². The molecule has 0 aromatic heterocycles. The van der Waals surface area contributed by atoms with Crippen molar-refractivity contribution in [2.45, 2.75) is 43.3 Å².